The summed E-state index contributed by atoms with van der Waals surface area (Å²) in [5, 5.41) is 0. The number of nitrogens with zero attached hydrogens (tertiary/aromatic N) is 2. The number of hydrogen-bond acceptors (Lipinski definition) is 2. The Morgan fingerprint density at radius 1 is 1.69 bits per heavy atom. The molecule has 0 saturated heterocycles. The van der Waals surface area contributed by atoms with Gasteiger partial charge in [-0.1, -0.05) is 0 Å². The first-order valence-electron chi connectivity index (χ1n) is 4.74. The lowest BCUT2D eigenvalue weighted by Gasteiger charge is -2.25. The molecule has 0 radical (unpaired) electrons. The van der Waals surface area contributed by atoms with E-state index >= 15 is 0 Å². The topological polar surface area (TPSA) is 43.8 Å². The second-order valence-corrected chi connectivity index (χ2v) is 4.26. The zero-order valence-electron chi connectivity index (χ0n) is 7.54. The Hall–Kier alpha value is -0.350. The Bertz CT molecular complexity index is 295. The molecule has 0 fully saturated rings. The smallest absolute Gasteiger partial charge is 0.127 e. The molecule has 1 aromatic rings. The van der Waals surface area contributed by atoms with Gasteiger partial charge in [-0.3, -0.25) is 0 Å². The minimum atomic E-state index is 0.576. The van der Waals surface area contributed by atoms with Crippen LogP contribution in [-0.2, 0) is 6.42 Å². The number of aromatic nitrogens is 2. The molecule has 2 N–H and O–H groups in total. The molecule has 13 heavy (non-hydrogen) atoms. The molecule has 1 atom stereocenters. The van der Waals surface area contributed by atoms with Crippen molar-refractivity contribution in [1.82, 2.24) is 9.55 Å². The fraction of sp³-hybridized carbons (Fsp3) is 0.667. The van der Waals surface area contributed by atoms with Gasteiger partial charge in [0.25, 0.3) is 0 Å². The van der Waals surface area contributed by atoms with E-state index in [-0.39, 0.29) is 0 Å². The maximum absolute atomic E-state index is 5.58. The van der Waals surface area contributed by atoms with E-state index in [0.29, 0.717) is 6.04 Å². The molecule has 0 spiro atoms. The van der Waals surface area contributed by atoms with Crippen molar-refractivity contribution in [2.45, 2.75) is 31.7 Å². The highest BCUT2D eigenvalue weighted by Crippen LogP contribution is 2.30. The summed E-state index contributed by atoms with van der Waals surface area (Å²) in [6, 6.07) is 0.576. The third-order valence-corrected chi connectivity index (χ3v) is 3.35. The molecular formula is C9H14BrN3. The highest BCUT2D eigenvalue weighted by atomic mass is 79.9. The standard InChI is InChI=1S/C9H14BrN3/c10-9-8-3-1-2-7(4-5-11)13(8)6-12-9/h6-7H,1-5,11H2. The van der Waals surface area contributed by atoms with Gasteiger partial charge in [0.1, 0.15) is 4.60 Å². The SMILES string of the molecule is NCCC1CCCc2c(Br)ncn21. The molecule has 1 aliphatic rings. The van der Waals surface area contributed by atoms with E-state index in [0.717, 1.165) is 24.0 Å². The molecule has 1 aromatic heterocycles. The lowest BCUT2D eigenvalue weighted by Crippen LogP contribution is -2.19. The fourth-order valence-electron chi connectivity index (χ4n) is 2.03. The molecule has 1 aliphatic heterocycles. The van der Waals surface area contributed by atoms with Gasteiger partial charge in [-0.2, -0.15) is 0 Å². The first-order valence-corrected chi connectivity index (χ1v) is 5.53. The van der Waals surface area contributed by atoms with Crippen LogP contribution in [0.3, 0.4) is 0 Å². The average molecular weight is 244 g/mol. The summed E-state index contributed by atoms with van der Waals surface area (Å²) in [7, 11) is 0. The van der Waals surface area contributed by atoms with Gasteiger partial charge in [-0.25, -0.2) is 4.98 Å². The van der Waals surface area contributed by atoms with E-state index < -0.39 is 0 Å². The molecule has 4 heteroatoms. The van der Waals surface area contributed by atoms with Crippen molar-refractivity contribution >= 4 is 15.9 Å². The second kappa shape index (κ2) is 3.80. The van der Waals surface area contributed by atoms with Gasteiger partial charge >= 0.3 is 0 Å². The summed E-state index contributed by atoms with van der Waals surface area (Å²) in [5.74, 6) is 0. The molecule has 3 nitrogen and oxygen atoms in total. The summed E-state index contributed by atoms with van der Waals surface area (Å²) >= 11 is 3.47. The molecule has 72 valence electrons. The van der Waals surface area contributed by atoms with Crippen LogP contribution >= 0.6 is 15.9 Å². The Kier molecular flexibility index (Phi) is 2.69. The summed E-state index contributed by atoms with van der Waals surface area (Å²) in [5.41, 5.74) is 6.92. The average Bonchev–Trinajstić information content (AvgIpc) is 2.50. The van der Waals surface area contributed by atoms with Crippen LogP contribution in [0.2, 0.25) is 0 Å². The highest BCUT2D eigenvalue weighted by Gasteiger charge is 2.20. The van der Waals surface area contributed by atoms with Crippen molar-refractivity contribution in [3.63, 3.8) is 0 Å². The molecule has 1 unspecified atom stereocenters. The quantitative estimate of drug-likeness (QED) is 0.863. The summed E-state index contributed by atoms with van der Waals surface area (Å²) in [6.07, 6.45) is 6.64. The van der Waals surface area contributed by atoms with Crippen LogP contribution in [-0.4, -0.2) is 16.1 Å². The van der Waals surface area contributed by atoms with Gasteiger partial charge in [0, 0.05) is 6.04 Å². The van der Waals surface area contributed by atoms with Crippen molar-refractivity contribution in [3.8, 4) is 0 Å². The fourth-order valence-corrected chi connectivity index (χ4v) is 2.53. The second-order valence-electron chi connectivity index (χ2n) is 3.51. The largest absolute Gasteiger partial charge is 0.330 e. The predicted molar refractivity (Wildman–Crippen MR) is 55.6 cm³/mol. The number of halogens is 1. The normalized spacial score (nSPS) is 21.5. The van der Waals surface area contributed by atoms with Gasteiger partial charge in [-0.05, 0) is 48.2 Å². The van der Waals surface area contributed by atoms with Crippen LogP contribution in [0.25, 0.3) is 0 Å². The molecule has 0 saturated carbocycles. The number of imidazole rings is 1. The van der Waals surface area contributed by atoms with Crippen molar-refractivity contribution in [1.29, 1.82) is 0 Å². The summed E-state index contributed by atoms with van der Waals surface area (Å²) in [4.78, 5) is 4.27. The molecule has 0 aromatic carbocycles. The Morgan fingerprint density at radius 3 is 3.31 bits per heavy atom. The molecule has 0 bridgehead atoms. The number of hydrogen-bond donors (Lipinski definition) is 1. The van der Waals surface area contributed by atoms with E-state index in [1.807, 2.05) is 6.33 Å². The molecule has 2 heterocycles. The monoisotopic (exact) mass is 243 g/mol. The maximum atomic E-state index is 5.58. The van der Waals surface area contributed by atoms with Crippen LogP contribution < -0.4 is 5.73 Å². The van der Waals surface area contributed by atoms with Crippen LogP contribution in [0.15, 0.2) is 10.9 Å². The Labute approximate surface area is 86.5 Å². The van der Waals surface area contributed by atoms with E-state index in [1.165, 1.54) is 18.5 Å². The van der Waals surface area contributed by atoms with Gasteiger partial charge in [0.05, 0.1) is 12.0 Å². The van der Waals surface area contributed by atoms with Crippen LogP contribution in [0.4, 0.5) is 0 Å². The van der Waals surface area contributed by atoms with Crippen molar-refractivity contribution < 1.29 is 0 Å². The Morgan fingerprint density at radius 2 is 2.54 bits per heavy atom. The van der Waals surface area contributed by atoms with Gasteiger partial charge in [0.2, 0.25) is 0 Å². The van der Waals surface area contributed by atoms with Crippen molar-refractivity contribution in [2.75, 3.05) is 6.54 Å². The Balaban J connectivity index is 2.27. The van der Waals surface area contributed by atoms with E-state index in [9.17, 15) is 0 Å². The van der Waals surface area contributed by atoms with E-state index in [2.05, 4.69) is 25.5 Å². The third-order valence-electron chi connectivity index (χ3n) is 2.69. The van der Waals surface area contributed by atoms with E-state index in [4.69, 9.17) is 5.73 Å². The lowest BCUT2D eigenvalue weighted by atomic mass is 10.0. The predicted octanol–water partition coefficient (Wildman–Crippen LogP) is 1.87. The van der Waals surface area contributed by atoms with Crippen LogP contribution in [0.1, 0.15) is 31.0 Å². The van der Waals surface area contributed by atoms with Gasteiger partial charge < -0.3 is 10.3 Å². The first-order chi connectivity index (χ1) is 6.33. The van der Waals surface area contributed by atoms with Gasteiger partial charge in [-0.15, -0.1) is 0 Å². The highest BCUT2D eigenvalue weighted by molar-refractivity contribution is 9.10. The minimum absolute atomic E-state index is 0.576. The van der Waals surface area contributed by atoms with Crippen molar-refractivity contribution in [2.24, 2.45) is 5.73 Å². The van der Waals surface area contributed by atoms with Crippen molar-refractivity contribution in [3.05, 3.63) is 16.6 Å². The lowest BCUT2D eigenvalue weighted by molar-refractivity contribution is 0.383. The maximum Gasteiger partial charge on any atom is 0.127 e. The number of fused-ring (bicyclic) bond motifs is 1. The zero-order chi connectivity index (χ0) is 9.26. The van der Waals surface area contributed by atoms with Crippen LogP contribution in [0.5, 0.6) is 0 Å². The molecule has 2 rings (SSSR count). The molecular weight excluding hydrogens is 230 g/mol. The number of nitrogens with two attached hydrogens (primary N) is 1. The van der Waals surface area contributed by atoms with Crippen LogP contribution in [0, 0.1) is 0 Å². The number of rotatable bonds is 2. The summed E-state index contributed by atoms with van der Waals surface area (Å²) < 4.78 is 3.29. The summed E-state index contributed by atoms with van der Waals surface area (Å²) in [6.45, 7) is 0.764. The molecule has 0 aliphatic carbocycles. The zero-order valence-corrected chi connectivity index (χ0v) is 9.13. The third kappa shape index (κ3) is 1.65. The minimum Gasteiger partial charge on any atom is -0.330 e. The molecule has 0 amide bonds. The van der Waals surface area contributed by atoms with E-state index in [1.54, 1.807) is 0 Å². The first kappa shape index (κ1) is 9.21. The van der Waals surface area contributed by atoms with Gasteiger partial charge in [0.15, 0.2) is 0 Å².